The van der Waals surface area contributed by atoms with Gasteiger partial charge in [-0.1, -0.05) is 0 Å². The zero-order chi connectivity index (χ0) is 11.3. The first kappa shape index (κ1) is 11.5. The smallest absolute Gasteiger partial charge is 0.251 e. The van der Waals surface area contributed by atoms with Gasteiger partial charge in [-0.2, -0.15) is 0 Å². The molecule has 82 valence electrons. The molecular formula is C11H16N2O2. The summed E-state index contributed by atoms with van der Waals surface area (Å²) in [6.07, 6.45) is 0. The third-order valence-corrected chi connectivity index (χ3v) is 2.19. The first-order valence-electron chi connectivity index (χ1n) is 4.88. The van der Waals surface area contributed by atoms with E-state index >= 15 is 0 Å². The highest BCUT2D eigenvalue weighted by Gasteiger charge is 2.06. The van der Waals surface area contributed by atoms with Gasteiger partial charge in [-0.05, 0) is 38.2 Å². The zero-order valence-corrected chi connectivity index (χ0v) is 8.95. The Hall–Kier alpha value is -1.55. The summed E-state index contributed by atoms with van der Waals surface area (Å²) in [7, 11) is 1.84. The van der Waals surface area contributed by atoms with E-state index in [1.54, 1.807) is 12.1 Å². The van der Waals surface area contributed by atoms with E-state index < -0.39 is 0 Å². The molecule has 1 aromatic rings. The molecule has 0 heterocycles. The highest BCUT2D eigenvalue weighted by molar-refractivity contribution is 5.94. The highest BCUT2D eigenvalue weighted by Crippen LogP contribution is 2.09. The normalized spacial score (nSPS) is 12.1. The number of carbonyl (C=O) groups is 1. The maximum atomic E-state index is 11.6. The van der Waals surface area contributed by atoms with Crippen molar-refractivity contribution in [2.24, 2.45) is 0 Å². The van der Waals surface area contributed by atoms with Crippen LogP contribution in [-0.4, -0.2) is 30.6 Å². The SMILES string of the molecule is CNC(C)CNC(=O)c1ccc(O)cc1. The van der Waals surface area contributed by atoms with Gasteiger partial charge >= 0.3 is 0 Å². The van der Waals surface area contributed by atoms with Gasteiger partial charge in [0.1, 0.15) is 5.75 Å². The standard InChI is InChI=1S/C11H16N2O2/c1-8(12-2)7-13-11(15)9-3-5-10(14)6-4-9/h3-6,8,12,14H,7H2,1-2H3,(H,13,15). The van der Waals surface area contributed by atoms with Crippen molar-refractivity contribution in [2.45, 2.75) is 13.0 Å². The van der Waals surface area contributed by atoms with Crippen LogP contribution in [0.5, 0.6) is 5.75 Å². The second-order valence-corrected chi connectivity index (χ2v) is 3.45. The monoisotopic (exact) mass is 208 g/mol. The van der Waals surface area contributed by atoms with Gasteiger partial charge in [-0.3, -0.25) is 4.79 Å². The van der Waals surface area contributed by atoms with Crippen LogP contribution in [0.25, 0.3) is 0 Å². The van der Waals surface area contributed by atoms with Crippen molar-refractivity contribution in [2.75, 3.05) is 13.6 Å². The van der Waals surface area contributed by atoms with Crippen LogP contribution < -0.4 is 10.6 Å². The van der Waals surface area contributed by atoms with Crippen molar-refractivity contribution in [3.05, 3.63) is 29.8 Å². The quantitative estimate of drug-likeness (QED) is 0.683. The molecule has 4 heteroatoms. The molecule has 0 aliphatic heterocycles. The second kappa shape index (κ2) is 5.36. The summed E-state index contributed by atoms with van der Waals surface area (Å²) in [5.41, 5.74) is 0.552. The van der Waals surface area contributed by atoms with E-state index in [2.05, 4.69) is 10.6 Å². The highest BCUT2D eigenvalue weighted by atomic mass is 16.3. The van der Waals surface area contributed by atoms with Crippen molar-refractivity contribution in [3.63, 3.8) is 0 Å². The Morgan fingerprint density at radius 1 is 1.40 bits per heavy atom. The average molecular weight is 208 g/mol. The maximum absolute atomic E-state index is 11.6. The first-order chi connectivity index (χ1) is 7.13. The Balaban J connectivity index is 2.50. The van der Waals surface area contributed by atoms with Gasteiger partial charge in [0.05, 0.1) is 0 Å². The average Bonchev–Trinajstić information content (AvgIpc) is 2.26. The van der Waals surface area contributed by atoms with E-state index in [0.717, 1.165) is 0 Å². The summed E-state index contributed by atoms with van der Waals surface area (Å²) in [5.74, 6) is 0.0345. The molecule has 0 spiro atoms. The number of hydrogen-bond acceptors (Lipinski definition) is 3. The van der Waals surface area contributed by atoms with Crippen molar-refractivity contribution in [3.8, 4) is 5.75 Å². The number of rotatable bonds is 4. The third kappa shape index (κ3) is 3.59. The summed E-state index contributed by atoms with van der Waals surface area (Å²) >= 11 is 0. The Labute approximate surface area is 89.3 Å². The van der Waals surface area contributed by atoms with Gasteiger partial charge < -0.3 is 15.7 Å². The number of amides is 1. The number of aromatic hydroxyl groups is 1. The van der Waals surface area contributed by atoms with Gasteiger partial charge in [-0.15, -0.1) is 0 Å². The van der Waals surface area contributed by atoms with E-state index in [0.29, 0.717) is 12.1 Å². The van der Waals surface area contributed by atoms with Crippen LogP contribution in [0.2, 0.25) is 0 Å². The molecule has 0 aliphatic rings. The molecule has 0 aliphatic carbocycles. The minimum absolute atomic E-state index is 0.128. The number of likely N-dealkylation sites (N-methyl/N-ethyl adjacent to an activating group) is 1. The van der Waals surface area contributed by atoms with Gasteiger partial charge in [0.25, 0.3) is 5.91 Å². The van der Waals surface area contributed by atoms with E-state index in [4.69, 9.17) is 5.11 Å². The largest absolute Gasteiger partial charge is 0.508 e. The van der Waals surface area contributed by atoms with E-state index in [1.807, 2.05) is 14.0 Å². The molecule has 1 amide bonds. The second-order valence-electron chi connectivity index (χ2n) is 3.45. The van der Waals surface area contributed by atoms with Crippen LogP contribution >= 0.6 is 0 Å². The molecule has 15 heavy (non-hydrogen) atoms. The lowest BCUT2D eigenvalue weighted by molar-refractivity contribution is 0.0950. The molecule has 3 N–H and O–H groups in total. The van der Waals surface area contributed by atoms with Crippen molar-refractivity contribution in [1.29, 1.82) is 0 Å². The molecule has 0 bridgehead atoms. The maximum Gasteiger partial charge on any atom is 0.251 e. The summed E-state index contributed by atoms with van der Waals surface area (Å²) < 4.78 is 0. The number of phenolic OH excluding ortho intramolecular Hbond substituents is 1. The lowest BCUT2D eigenvalue weighted by Crippen LogP contribution is -2.37. The molecule has 4 nitrogen and oxygen atoms in total. The van der Waals surface area contributed by atoms with Crippen LogP contribution in [0.3, 0.4) is 0 Å². The summed E-state index contributed by atoms with van der Waals surface area (Å²) in [4.78, 5) is 11.6. The Morgan fingerprint density at radius 3 is 2.53 bits per heavy atom. The van der Waals surface area contributed by atoms with Gasteiger partial charge in [0.2, 0.25) is 0 Å². The van der Waals surface area contributed by atoms with Gasteiger partial charge in [0.15, 0.2) is 0 Å². The summed E-state index contributed by atoms with van der Waals surface area (Å²) in [6.45, 7) is 2.56. The molecule has 1 atom stereocenters. The van der Waals surface area contributed by atoms with Crippen LogP contribution in [0.15, 0.2) is 24.3 Å². The molecule has 1 rings (SSSR count). The van der Waals surface area contributed by atoms with Gasteiger partial charge in [-0.25, -0.2) is 0 Å². The fraction of sp³-hybridized carbons (Fsp3) is 0.364. The van der Waals surface area contributed by atoms with Crippen LogP contribution in [0.4, 0.5) is 0 Å². The van der Waals surface area contributed by atoms with Crippen LogP contribution in [-0.2, 0) is 0 Å². The number of nitrogens with one attached hydrogen (secondary N) is 2. The van der Waals surface area contributed by atoms with Crippen LogP contribution in [0.1, 0.15) is 17.3 Å². The molecular weight excluding hydrogens is 192 g/mol. The Kier molecular flexibility index (Phi) is 4.12. The topological polar surface area (TPSA) is 61.4 Å². The Morgan fingerprint density at radius 2 is 2.00 bits per heavy atom. The predicted molar refractivity (Wildman–Crippen MR) is 59.0 cm³/mol. The fourth-order valence-corrected chi connectivity index (χ4v) is 1.06. The predicted octanol–water partition coefficient (Wildman–Crippen LogP) is 0.730. The van der Waals surface area contributed by atoms with E-state index in [9.17, 15) is 4.79 Å². The zero-order valence-electron chi connectivity index (χ0n) is 8.95. The molecule has 1 aromatic carbocycles. The fourth-order valence-electron chi connectivity index (χ4n) is 1.06. The third-order valence-electron chi connectivity index (χ3n) is 2.19. The lowest BCUT2D eigenvalue weighted by atomic mass is 10.2. The van der Waals surface area contributed by atoms with Crippen molar-refractivity contribution >= 4 is 5.91 Å². The van der Waals surface area contributed by atoms with Crippen molar-refractivity contribution < 1.29 is 9.90 Å². The molecule has 0 saturated heterocycles. The van der Waals surface area contributed by atoms with Crippen molar-refractivity contribution in [1.82, 2.24) is 10.6 Å². The van der Waals surface area contributed by atoms with E-state index in [1.165, 1.54) is 12.1 Å². The molecule has 0 fully saturated rings. The number of phenols is 1. The lowest BCUT2D eigenvalue weighted by Gasteiger charge is -2.11. The van der Waals surface area contributed by atoms with Crippen LogP contribution in [0, 0.1) is 0 Å². The molecule has 0 aromatic heterocycles. The first-order valence-corrected chi connectivity index (χ1v) is 4.88. The number of hydrogen-bond donors (Lipinski definition) is 3. The molecule has 1 unspecified atom stereocenters. The summed E-state index contributed by atoms with van der Waals surface area (Å²) in [6, 6.07) is 6.42. The molecule has 0 saturated carbocycles. The van der Waals surface area contributed by atoms with E-state index in [-0.39, 0.29) is 17.7 Å². The summed E-state index contributed by atoms with van der Waals surface area (Å²) in [5, 5.41) is 14.9. The molecule has 0 radical (unpaired) electrons. The van der Waals surface area contributed by atoms with Gasteiger partial charge in [0, 0.05) is 18.2 Å². The minimum atomic E-state index is -0.128. The Bertz CT molecular complexity index is 322. The number of carbonyl (C=O) groups excluding carboxylic acids is 1. The minimum Gasteiger partial charge on any atom is -0.508 e. The number of benzene rings is 1.